The fourth-order valence-electron chi connectivity index (χ4n) is 3.61. The molecule has 1 aromatic carbocycles. The predicted octanol–water partition coefficient (Wildman–Crippen LogP) is 2.94. The van der Waals surface area contributed by atoms with Crippen LogP contribution in [-0.4, -0.2) is 39.4 Å². The van der Waals surface area contributed by atoms with Gasteiger partial charge in [-0.05, 0) is 51.2 Å². The number of nitrogens with zero attached hydrogens (tertiary/aromatic N) is 3. The van der Waals surface area contributed by atoms with Gasteiger partial charge in [0.25, 0.3) is 11.8 Å². The normalized spacial score (nSPS) is 13.1. The number of benzene rings is 1. The lowest BCUT2D eigenvalue weighted by atomic mass is 10.1. The molecule has 144 valence electrons. The second-order valence-corrected chi connectivity index (χ2v) is 6.93. The lowest BCUT2D eigenvalue weighted by molar-refractivity contribution is 0.0754. The molecule has 0 saturated heterocycles. The van der Waals surface area contributed by atoms with Gasteiger partial charge in [0.1, 0.15) is 5.69 Å². The Labute approximate surface area is 160 Å². The van der Waals surface area contributed by atoms with E-state index in [1.807, 2.05) is 49.6 Å². The predicted molar refractivity (Wildman–Crippen MR) is 105 cm³/mol. The van der Waals surface area contributed by atoms with E-state index in [1.54, 1.807) is 4.90 Å². The minimum Gasteiger partial charge on any atom is -0.347 e. The molecular formula is C21H28N4O2. The van der Waals surface area contributed by atoms with Crippen LogP contribution in [0, 0.1) is 6.92 Å². The number of aromatic nitrogens is 2. The van der Waals surface area contributed by atoms with Crippen molar-refractivity contribution in [2.45, 2.75) is 53.1 Å². The third-order valence-corrected chi connectivity index (χ3v) is 5.28. The molecule has 0 fully saturated rings. The molecule has 0 aliphatic carbocycles. The number of rotatable bonds is 6. The van der Waals surface area contributed by atoms with Crippen LogP contribution in [0.15, 0.2) is 24.3 Å². The number of carbonyl (C=O) groups excluding carboxylic acids is 2. The first-order valence-corrected chi connectivity index (χ1v) is 9.78. The second kappa shape index (κ2) is 8.37. The fraction of sp³-hybridized carbons (Fsp3) is 0.476. The summed E-state index contributed by atoms with van der Waals surface area (Å²) in [5.74, 6) is 0.0954. The monoisotopic (exact) mass is 368 g/mol. The Morgan fingerprint density at radius 1 is 1.19 bits per heavy atom. The molecule has 2 aromatic rings. The lowest BCUT2D eigenvalue weighted by Crippen LogP contribution is -2.33. The van der Waals surface area contributed by atoms with Crippen molar-refractivity contribution in [2.75, 3.05) is 13.1 Å². The molecule has 0 saturated carbocycles. The van der Waals surface area contributed by atoms with Crippen LogP contribution in [-0.2, 0) is 19.5 Å². The number of nitrogens with one attached hydrogen (secondary N) is 1. The molecule has 0 bridgehead atoms. The second-order valence-electron chi connectivity index (χ2n) is 6.93. The van der Waals surface area contributed by atoms with Crippen LogP contribution in [0.25, 0.3) is 0 Å². The first kappa shape index (κ1) is 19.1. The van der Waals surface area contributed by atoms with E-state index >= 15 is 0 Å². The highest BCUT2D eigenvalue weighted by atomic mass is 16.2. The molecule has 27 heavy (non-hydrogen) atoms. The first-order valence-electron chi connectivity index (χ1n) is 9.78. The van der Waals surface area contributed by atoms with E-state index in [1.165, 1.54) is 0 Å². The summed E-state index contributed by atoms with van der Waals surface area (Å²) < 4.78 is 1.95. The summed E-state index contributed by atoms with van der Waals surface area (Å²) in [7, 11) is 0. The SMILES string of the molecule is CCN(CC)C(=O)c1nc(C(=O)NCc2ccccc2C)c2n1CCCC2. The van der Waals surface area contributed by atoms with Crippen molar-refractivity contribution in [2.24, 2.45) is 0 Å². The molecule has 0 unspecified atom stereocenters. The van der Waals surface area contributed by atoms with E-state index < -0.39 is 0 Å². The molecule has 6 nitrogen and oxygen atoms in total. The van der Waals surface area contributed by atoms with Gasteiger partial charge < -0.3 is 14.8 Å². The number of fused-ring (bicyclic) bond motifs is 1. The summed E-state index contributed by atoms with van der Waals surface area (Å²) in [6.45, 7) is 8.40. The Morgan fingerprint density at radius 2 is 1.93 bits per heavy atom. The minimum absolute atomic E-state index is 0.0962. The van der Waals surface area contributed by atoms with Gasteiger partial charge >= 0.3 is 0 Å². The van der Waals surface area contributed by atoms with E-state index in [4.69, 9.17) is 0 Å². The van der Waals surface area contributed by atoms with Gasteiger partial charge in [-0.15, -0.1) is 0 Å². The van der Waals surface area contributed by atoms with Crippen molar-refractivity contribution in [1.29, 1.82) is 0 Å². The maximum atomic E-state index is 12.8. The lowest BCUT2D eigenvalue weighted by Gasteiger charge is -2.21. The first-order chi connectivity index (χ1) is 13.1. The van der Waals surface area contributed by atoms with Crippen molar-refractivity contribution < 1.29 is 9.59 Å². The Kier molecular flexibility index (Phi) is 5.94. The van der Waals surface area contributed by atoms with Crippen molar-refractivity contribution >= 4 is 11.8 Å². The van der Waals surface area contributed by atoms with Gasteiger partial charge in [0.2, 0.25) is 0 Å². The highest BCUT2D eigenvalue weighted by Crippen LogP contribution is 2.22. The fourth-order valence-corrected chi connectivity index (χ4v) is 3.61. The van der Waals surface area contributed by atoms with Crippen LogP contribution in [0.3, 0.4) is 0 Å². The number of imidazole rings is 1. The standard InChI is InChI=1S/C21H28N4O2/c1-4-24(5-2)21(27)19-23-18(17-12-8-9-13-25(17)19)20(26)22-14-16-11-7-6-10-15(16)3/h6-7,10-11H,4-5,8-9,12-14H2,1-3H3,(H,22,26). The number of hydrogen-bond acceptors (Lipinski definition) is 3. The average molecular weight is 368 g/mol. The van der Waals surface area contributed by atoms with Crippen LogP contribution in [0.1, 0.15) is 64.6 Å². The summed E-state index contributed by atoms with van der Waals surface area (Å²) in [6.07, 6.45) is 2.81. The van der Waals surface area contributed by atoms with Crippen LogP contribution in [0.2, 0.25) is 0 Å². The molecule has 1 aliphatic rings. The largest absolute Gasteiger partial charge is 0.347 e. The van der Waals surface area contributed by atoms with Gasteiger partial charge in [-0.2, -0.15) is 0 Å². The Bertz CT molecular complexity index is 837. The van der Waals surface area contributed by atoms with Crippen LogP contribution in [0.5, 0.6) is 0 Å². The van der Waals surface area contributed by atoms with E-state index in [2.05, 4.69) is 10.3 Å². The smallest absolute Gasteiger partial charge is 0.289 e. The summed E-state index contributed by atoms with van der Waals surface area (Å²) in [4.78, 5) is 31.9. The highest BCUT2D eigenvalue weighted by molar-refractivity contribution is 5.97. The summed E-state index contributed by atoms with van der Waals surface area (Å²) >= 11 is 0. The maximum absolute atomic E-state index is 12.8. The molecule has 2 heterocycles. The highest BCUT2D eigenvalue weighted by Gasteiger charge is 2.29. The van der Waals surface area contributed by atoms with Crippen molar-refractivity contribution in [3.8, 4) is 0 Å². The molecule has 1 aromatic heterocycles. The molecule has 1 aliphatic heterocycles. The summed E-state index contributed by atoms with van der Waals surface area (Å²) in [5.41, 5.74) is 3.51. The zero-order valence-electron chi connectivity index (χ0n) is 16.4. The molecule has 0 atom stereocenters. The Balaban J connectivity index is 1.85. The third kappa shape index (κ3) is 3.89. The van der Waals surface area contributed by atoms with E-state index in [9.17, 15) is 9.59 Å². The van der Waals surface area contributed by atoms with Crippen molar-refractivity contribution in [1.82, 2.24) is 19.8 Å². The van der Waals surface area contributed by atoms with Gasteiger partial charge in [-0.3, -0.25) is 9.59 Å². The van der Waals surface area contributed by atoms with Gasteiger partial charge in [-0.1, -0.05) is 24.3 Å². The van der Waals surface area contributed by atoms with E-state index in [0.717, 1.165) is 42.6 Å². The van der Waals surface area contributed by atoms with E-state index in [-0.39, 0.29) is 11.8 Å². The maximum Gasteiger partial charge on any atom is 0.289 e. The summed E-state index contributed by atoms with van der Waals surface area (Å²) in [6, 6.07) is 7.99. The number of aryl methyl sites for hydroxylation is 1. The molecule has 0 spiro atoms. The van der Waals surface area contributed by atoms with Crippen LogP contribution >= 0.6 is 0 Å². The van der Waals surface area contributed by atoms with Gasteiger partial charge in [0, 0.05) is 26.2 Å². The zero-order chi connectivity index (χ0) is 19.4. The Morgan fingerprint density at radius 3 is 2.63 bits per heavy atom. The molecule has 3 rings (SSSR count). The third-order valence-electron chi connectivity index (χ3n) is 5.28. The van der Waals surface area contributed by atoms with E-state index in [0.29, 0.717) is 31.2 Å². The summed E-state index contributed by atoms with van der Waals surface area (Å²) in [5, 5.41) is 2.98. The molecule has 2 amide bonds. The molecule has 6 heteroatoms. The molecule has 1 N–H and O–H groups in total. The quantitative estimate of drug-likeness (QED) is 0.852. The molecule has 0 radical (unpaired) electrons. The van der Waals surface area contributed by atoms with Gasteiger partial charge in [0.05, 0.1) is 5.69 Å². The topological polar surface area (TPSA) is 67.2 Å². The molecular weight excluding hydrogens is 340 g/mol. The van der Waals surface area contributed by atoms with Gasteiger partial charge in [0.15, 0.2) is 5.82 Å². The van der Waals surface area contributed by atoms with Crippen LogP contribution in [0.4, 0.5) is 0 Å². The number of amides is 2. The average Bonchev–Trinajstić information content (AvgIpc) is 3.08. The van der Waals surface area contributed by atoms with Gasteiger partial charge in [-0.25, -0.2) is 4.98 Å². The number of carbonyl (C=O) groups is 2. The number of hydrogen-bond donors (Lipinski definition) is 1. The minimum atomic E-state index is -0.206. The zero-order valence-corrected chi connectivity index (χ0v) is 16.4. The van der Waals surface area contributed by atoms with Crippen molar-refractivity contribution in [3.63, 3.8) is 0 Å². The Hall–Kier alpha value is -2.63. The van der Waals surface area contributed by atoms with Crippen LogP contribution < -0.4 is 5.32 Å². The van der Waals surface area contributed by atoms with Crippen molar-refractivity contribution in [3.05, 3.63) is 52.6 Å².